The molecule has 2 aromatic rings. The smallest absolute Gasteiger partial charge is 0.356 e. The fourth-order valence-corrected chi connectivity index (χ4v) is 2.55. The Balaban J connectivity index is 1.58. The monoisotopic (exact) mass is 335 g/mol. The van der Waals surface area contributed by atoms with Crippen LogP contribution in [0, 0.1) is 11.6 Å². The molecule has 0 amide bonds. The molecule has 126 valence electrons. The zero-order chi connectivity index (χ0) is 17.1. The van der Waals surface area contributed by atoms with Crippen molar-refractivity contribution >= 4 is 11.8 Å². The number of carboxylic acids is 1. The van der Waals surface area contributed by atoms with E-state index in [0.717, 1.165) is 12.1 Å². The Morgan fingerprint density at radius 2 is 1.96 bits per heavy atom. The van der Waals surface area contributed by atoms with E-state index in [1.54, 1.807) is 0 Å². The normalized spacial score (nSPS) is 15.3. The molecule has 1 aromatic carbocycles. The predicted octanol–water partition coefficient (Wildman–Crippen LogP) is 2.50. The van der Waals surface area contributed by atoms with Gasteiger partial charge < -0.3 is 14.7 Å². The number of aromatic carboxylic acids is 1. The van der Waals surface area contributed by atoms with E-state index in [9.17, 15) is 13.6 Å². The molecule has 0 radical (unpaired) electrons. The second-order valence-electron chi connectivity index (χ2n) is 5.44. The van der Waals surface area contributed by atoms with Gasteiger partial charge in [-0.3, -0.25) is 0 Å². The number of rotatable bonds is 4. The van der Waals surface area contributed by atoms with Gasteiger partial charge in [-0.1, -0.05) is 0 Å². The maximum Gasteiger partial charge on any atom is 0.356 e. The van der Waals surface area contributed by atoms with Crippen LogP contribution >= 0.6 is 0 Å². The number of anilines is 1. The van der Waals surface area contributed by atoms with Crippen molar-refractivity contribution in [1.29, 1.82) is 0 Å². The second-order valence-corrected chi connectivity index (χ2v) is 5.44. The van der Waals surface area contributed by atoms with Crippen LogP contribution in [0.2, 0.25) is 0 Å². The topological polar surface area (TPSA) is 75.5 Å². The average Bonchev–Trinajstić information content (AvgIpc) is 2.58. The summed E-state index contributed by atoms with van der Waals surface area (Å²) in [6.07, 6.45) is 3.74. The van der Waals surface area contributed by atoms with Gasteiger partial charge in [-0.05, 0) is 12.1 Å². The van der Waals surface area contributed by atoms with E-state index in [-0.39, 0.29) is 17.5 Å². The van der Waals surface area contributed by atoms with Gasteiger partial charge in [0, 0.05) is 32.0 Å². The highest BCUT2D eigenvalue weighted by Crippen LogP contribution is 2.24. The Morgan fingerprint density at radius 3 is 2.54 bits per heavy atom. The molecule has 0 unspecified atom stereocenters. The van der Waals surface area contributed by atoms with Crippen LogP contribution in [0.15, 0.2) is 30.6 Å². The number of nitrogens with zero attached hydrogens (tertiary/aromatic N) is 3. The number of hydrogen-bond donors (Lipinski definition) is 1. The Labute approximate surface area is 136 Å². The lowest BCUT2D eigenvalue weighted by molar-refractivity contribution is 0.0690. The summed E-state index contributed by atoms with van der Waals surface area (Å²) in [6, 6.07) is 3.24. The SMILES string of the molecule is O=C(O)c1cnc(N2CCC(Oc3ccc(F)cc3F)CC2)cn1. The molecule has 0 saturated carbocycles. The molecule has 1 aromatic heterocycles. The van der Waals surface area contributed by atoms with Crippen molar-refractivity contribution in [3.8, 4) is 5.75 Å². The first kappa shape index (κ1) is 16.1. The van der Waals surface area contributed by atoms with Gasteiger partial charge in [0.15, 0.2) is 17.3 Å². The molecule has 1 aliphatic rings. The van der Waals surface area contributed by atoms with Gasteiger partial charge in [0.25, 0.3) is 0 Å². The molecule has 0 atom stereocenters. The first-order valence-corrected chi connectivity index (χ1v) is 7.45. The Bertz CT molecular complexity index is 732. The van der Waals surface area contributed by atoms with E-state index in [1.165, 1.54) is 18.5 Å². The summed E-state index contributed by atoms with van der Waals surface area (Å²) in [7, 11) is 0. The number of aromatic nitrogens is 2. The molecule has 0 spiro atoms. The molecule has 24 heavy (non-hydrogen) atoms. The van der Waals surface area contributed by atoms with Crippen molar-refractivity contribution in [3.05, 3.63) is 47.9 Å². The van der Waals surface area contributed by atoms with Gasteiger partial charge in [0.05, 0.1) is 12.4 Å². The number of benzene rings is 1. The van der Waals surface area contributed by atoms with E-state index < -0.39 is 17.6 Å². The Morgan fingerprint density at radius 1 is 1.21 bits per heavy atom. The van der Waals surface area contributed by atoms with E-state index in [0.29, 0.717) is 31.7 Å². The maximum atomic E-state index is 13.6. The lowest BCUT2D eigenvalue weighted by Gasteiger charge is -2.32. The van der Waals surface area contributed by atoms with E-state index >= 15 is 0 Å². The van der Waals surface area contributed by atoms with Crippen molar-refractivity contribution in [2.24, 2.45) is 0 Å². The highest BCUT2D eigenvalue weighted by molar-refractivity contribution is 5.84. The quantitative estimate of drug-likeness (QED) is 0.925. The summed E-state index contributed by atoms with van der Waals surface area (Å²) in [5.41, 5.74) is -0.108. The minimum absolute atomic E-state index is 0.0421. The molecular formula is C16H15F2N3O3. The average molecular weight is 335 g/mol. The van der Waals surface area contributed by atoms with E-state index in [1.807, 2.05) is 4.90 Å². The van der Waals surface area contributed by atoms with Gasteiger partial charge in [0.1, 0.15) is 17.7 Å². The zero-order valence-corrected chi connectivity index (χ0v) is 12.7. The maximum absolute atomic E-state index is 13.6. The molecule has 0 bridgehead atoms. The van der Waals surface area contributed by atoms with Gasteiger partial charge in [-0.25, -0.2) is 23.5 Å². The molecule has 0 aliphatic carbocycles. The van der Waals surface area contributed by atoms with Crippen molar-refractivity contribution < 1.29 is 23.4 Å². The number of ether oxygens (including phenoxy) is 1. The van der Waals surface area contributed by atoms with Crippen LogP contribution in [0.5, 0.6) is 5.75 Å². The van der Waals surface area contributed by atoms with Crippen LogP contribution in [-0.4, -0.2) is 40.2 Å². The Hall–Kier alpha value is -2.77. The third-order valence-electron chi connectivity index (χ3n) is 3.81. The standard InChI is InChI=1S/C16H15F2N3O3/c17-10-1-2-14(12(18)7-10)24-11-3-5-21(6-4-11)15-9-19-13(8-20-15)16(22)23/h1-2,7-9,11H,3-6H2,(H,22,23). The number of carbonyl (C=O) groups is 1. The predicted molar refractivity (Wildman–Crippen MR) is 81.2 cm³/mol. The van der Waals surface area contributed by atoms with Crippen molar-refractivity contribution in [3.63, 3.8) is 0 Å². The Kier molecular flexibility index (Phi) is 4.54. The van der Waals surface area contributed by atoms with Crippen LogP contribution in [-0.2, 0) is 0 Å². The van der Waals surface area contributed by atoms with Gasteiger partial charge in [-0.2, -0.15) is 0 Å². The fourth-order valence-electron chi connectivity index (χ4n) is 2.55. The van der Waals surface area contributed by atoms with Crippen LogP contribution < -0.4 is 9.64 Å². The first-order valence-electron chi connectivity index (χ1n) is 7.45. The third kappa shape index (κ3) is 3.58. The highest BCUT2D eigenvalue weighted by Gasteiger charge is 2.23. The summed E-state index contributed by atoms with van der Waals surface area (Å²) >= 11 is 0. The summed E-state index contributed by atoms with van der Waals surface area (Å²) in [5.74, 6) is -1.85. The summed E-state index contributed by atoms with van der Waals surface area (Å²) in [6.45, 7) is 1.24. The molecule has 8 heteroatoms. The number of piperidine rings is 1. The first-order chi connectivity index (χ1) is 11.5. The lowest BCUT2D eigenvalue weighted by atomic mass is 10.1. The van der Waals surface area contributed by atoms with Crippen LogP contribution in [0.1, 0.15) is 23.3 Å². The van der Waals surface area contributed by atoms with E-state index in [2.05, 4.69) is 9.97 Å². The number of carboxylic acid groups (broad SMARTS) is 1. The number of halogens is 2. The molecule has 1 aliphatic heterocycles. The van der Waals surface area contributed by atoms with Crippen molar-refractivity contribution in [2.45, 2.75) is 18.9 Å². The van der Waals surface area contributed by atoms with Gasteiger partial charge >= 0.3 is 5.97 Å². The minimum Gasteiger partial charge on any atom is -0.487 e. The second kappa shape index (κ2) is 6.77. The molecule has 2 heterocycles. The molecule has 3 rings (SSSR count). The van der Waals surface area contributed by atoms with Gasteiger partial charge in [0.2, 0.25) is 0 Å². The third-order valence-corrected chi connectivity index (χ3v) is 3.81. The molecular weight excluding hydrogens is 320 g/mol. The zero-order valence-electron chi connectivity index (χ0n) is 12.7. The van der Waals surface area contributed by atoms with Crippen molar-refractivity contribution in [1.82, 2.24) is 9.97 Å². The van der Waals surface area contributed by atoms with Crippen LogP contribution in [0.25, 0.3) is 0 Å². The van der Waals surface area contributed by atoms with Crippen LogP contribution in [0.3, 0.4) is 0 Å². The highest BCUT2D eigenvalue weighted by atomic mass is 19.1. The van der Waals surface area contributed by atoms with Crippen molar-refractivity contribution in [2.75, 3.05) is 18.0 Å². The van der Waals surface area contributed by atoms with Crippen LogP contribution in [0.4, 0.5) is 14.6 Å². The molecule has 1 saturated heterocycles. The molecule has 1 fully saturated rings. The summed E-state index contributed by atoms with van der Waals surface area (Å²) in [4.78, 5) is 20.7. The summed E-state index contributed by atoms with van der Waals surface area (Å²) in [5, 5.41) is 8.81. The number of hydrogen-bond acceptors (Lipinski definition) is 5. The molecule has 6 nitrogen and oxygen atoms in total. The lowest BCUT2D eigenvalue weighted by Crippen LogP contribution is -2.38. The van der Waals surface area contributed by atoms with Gasteiger partial charge in [-0.15, -0.1) is 0 Å². The van der Waals surface area contributed by atoms with E-state index in [4.69, 9.17) is 9.84 Å². The fraction of sp³-hybridized carbons (Fsp3) is 0.312. The minimum atomic E-state index is -1.12. The summed E-state index contributed by atoms with van der Waals surface area (Å²) < 4.78 is 32.1. The molecule has 1 N–H and O–H groups in total. The largest absolute Gasteiger partial charge is 0.487 e.